The highest BCUT2D eigenvalue weighted by molar-refractivity contribution is 5.22. The maximum Gasteiger partial charge on any atom is 0.0230 e. The van der Waals surface area contributed by atoms with Crippen molar-refractivity contribution in [1.29, 1.82) is 0 Å². The number of hydrogen-bond donors (Lipinski definition) is 1. The molecule has 21 heavy (non-hydrogen) atoms. The zero-order valence-corrected chi connectivity index (χ0v) is 14.4. The van der Waals surface area contributed by atoms with Gasteiger partial charge in [-0.05, 0) is 77.7 Å². The van der Waals surface area contributed by atoms with E-state index in [1.807, 2.05) is 0 Å². The summed E-state index contributed by atoms with van der Waals surface area (Å²) >= 11 is 0. The first-order valence-corrected chi connectivity index (χ1v) is 8.23. The second kappa shape index (κ2) is 10.8. The molecule has 3 heteroatoms. The SMILES string of the molecule is CCCNCCc1ccc(CN(C)CCCN(C)C)cc1. The Morgan fingerprint density at radius 2 is 1.57 bits per heavy atom. The van der Waals surface area contributed by atoms with Crippen molar-refractivity contribution in [2.45, 2.75) is 32.7 Å². The molecule has 1 N–H and O–H groups in total. The van der Waals surface area contributed by atoms with Crippen molar-refractivity contribution in [3.05, 3.63) is 35.4 Å². The molecule has 0 unspecified atom stereocenters. The van der Waals surface area contributed by atoms with Crippen LogP contribution in [0.5, 0.6) is 0 Å². The van der Waals surface area contributed by atoms with E-state index in [9.17, 15) is 0 Å². The summed E-state index contributed by atoms with van der Waals surface area (Å²) in [5.41, 5.74) is 2.84. The number of nitrogens with zero attached hydrogens (tertiary/aromatic N) is 2. The highest BCUT2D eigenvalue weighted by atomic mass is 15.1. The van der Waals surface area contributed by atoms with Crippen LogP contribution in [0.4, 0.5) is 0 Å². The summed E-state index contributed by atoms with van der Waals surface area (Å²) < 4.78 is 0. The van der Waals surface area contributed by atoms with Crippen molar-refractivity contribution < 1.29 is 0 Å². The van der Waals surface area contributed by atoms with Crippen LogP contribution >= 0.6 is 0 Å². The minimum atomic E-state index is 1.04. The Bertz CT molecular complexity index is 359. The third kappa shape index (κ3) is 8.86. The van der Waals surface area contributed by atoms with Crippen LogP contribution < -0.4 is 5.32 Å². The first kappa shape index (κ1) is 18.1. The van der Waals surface area contributed by atoms with Gasteiger partial charge >= 0.3 is 0 Å². The summed E-state index contributed by atoms with van der Waals surface area (Å²) in [6.07, 6.45) is 3.56. The van der Waals surface area contributed by atoms with Crippen LogP contribution in [0.25, 0.3) is 0 Å². The molecule has 1 aromatic carbocycles. The van der Waals surface area contributed by atoms with Gasteiger partial charge in [0.25, 0.3) is 0 Å². The van der Waals surface area contributed by atoms with E-state index < -0.39 is 0 Å². The summed E-state index contributed by atoms with van der Waals surface area (Å²) in [5.74, 6) is 0. The summed E-state index contributed by atoms with van der Waals surface area (Å²) in [4.78, 5) is 4.65. The molecule has 0 fully saturated rings. The second-order valence-electron chi connectivity index (χ2n) is 6.21. The number of hydrogen-bond acceptors (Lipinski definition) is 3. The molecule has 0 atom stereocenters. The highest BCUT2D eigenvalue weighted by Gasteiger charge is 2.01. The fourth-order valence-corrected chi connectivity index (χ4v) is 2.39. The van der Waals surface area contributed by atoms with Gasteiger partial charge in [0.2, 0.25) is 0 Å². The Labute approximate surface area is 131 Å². The van der Waals surface area contributed by atoms with E-state index in [4.69, 9.17) is 0 Å². The number of rotatable bonds is 11. The molecule has 120 valence electrons. The van der Waals surface area contributed by atoms with E-state index in [-0.39, 0.29) is 0 Å². The zero-order valence-electron chi connectivity index (χ0n) is 14.4. The van der Waals surface area contributed by atoms with Gasteiger partial charge in [-0.3, -0.25) is 0 Å². The quantitative estimate of drug-likeness (QED) is 0.632. The molecule has 1 aromatic rings. The lowest BCUT2D eigenvalue weighted by Crippen LogP contribution is -2.23. The van der Waals surface area contributed by atoms with Crippen LogP contribution in [-0.2, 0) is 13.0 Å². The van der Waals surface area contributed by atoms with E-state index in [1.165, 1.54) is 24.0 Å². The lowest BCUT2D eigenvalue weighted by Gasteiger charge is -2.18. The summed E-state index contributed by atoms with van der Waals surface area (Å²) in [6.45, 7) is 7.76. The maximum absolute atomic E-state index is 3.45. The first-order chi connectivity index (χ1) is 10.1. The molecule has 0 heterocycles. The predicted octanol–water partition coefficient (Wildman–Crippen LogP) is 2.61. The van der Waals surface area contributed by atoms with Gasteiger partial charge in [0.05, 0.1) is 0 Å². The van der Waals surface area contributed by atoms with Crippen molar-refractivity contribution in [2.24, 2.45) is 0 Å². The Morgan fingerprint density at radius 3 is 2.19 bits per heavy atom. The van der Waals surface area contributed by atoms with Gasteiger partial charge in [-0.1, -0.05) is 31.2 Å². The van der Waals surface area contributed by atoms with Gasteiger partial charge in [-0.15, -0.1) is 0 Å². The molecule has 0 spiro atoms. The fourth-order valence-electron chi connectivity index (χ4n) is 2.39. The Kier molecular flexibility index (Phi) is 9.31. The zero-order chi connectivity index (χ0) is 15.5. The molecule has 3 nitrogen and oxygen atoms in total. The van der Waals surface area contributed by atoms with Crippen molar-refractivity contribution in [2.75, 3.05) is 47.3 Å². The third-order valence-corrected chi connectivity index (χ3v) is 3.64. The van der Waals surface area contributed by atoms with Crippen LogP contribution in [-0.4, -0.2) is 57.1 Å². The summed E-state index contributed by atoms with van der Waals surface area (Å²) in [6, 6.07) is 9.10. The topological polar surface area (TPSA) is 18.5 Å². The molecule has 0 amide bonds. The average Bonchev–Trinajstić information content (AvgIpc) is 2.45. The van der Waals surface area contributed by atoms with Crippen LogP contribution in [0.15, 0.2) is 24.3 Å². The maximum atomic E-state index is 3.45. The van der Waals surface area contributed by atoms with E-state index in [2.05, 4.69) is 67.4 Å². The van der Waals surface area contributed by atoms with Crippen LogP contribution in [0.3, 0.4) is 0 Å². The van der Waals surface area contributed by atoms with Crippen molar-refractivity contribution in [1.82, 2.24) is 15.1 Å². The first-order valence-electron chi connectivity index (χ1n) is 8.23. The number of benzene rings is 1. The lowest BCUT2D eigenvalue weighted by atomic mass is 10.1. The van der Waals surface area contributed by atoms with Gasteiger partial charge < -0.3 is 15.1 Å². The summed E-state index contributed by atoms with van der Waals surface area (Å²) in [5, 5.41) is 3.45. The molecule has 0 aromatic heterocycles. The van der Waals surface area contributed by atoms with Crippen LogP contribution in [0.1, 0.15) is 30.9 Å². The van der Waals surface area contributed by atoms with E-state index in [0.717, 1.165) is 39.1 Å². The fraction of sp³-hybridized carbons (Fsp3) is 0.667. The third-order valence-electron chi connectivity index (χ3n) is 3.64. The second-order valence-corrected chi connectivity index (χ2v) is 6.21. The Morgan fingerprint density at radius 1 is 0.905 bits per heavy atom. The number of nitrogens with one attached hydrogen (secondary N) is 1. The molecule has 1 rings (SSSR count). The van der Waals surface area contributed by atoms with E-state index in [0.29, 0.717) is 0 Å². The lowest BCUT2D eigenvalue weighted by molar-refractivity contribution is 0.294. The van der Waals surface area contributed by atoms with Crippen LogP contribution in [0, 0.1) is 0 Å². The molecule has 0 saturated carbocycles. The van der Waals surface area contributed by atoms with Gasteiger partial charge in [-0.2, -0.15) is 0 Å². The smallest absolute Gasteiger partial charge is 0.0230 e. The Balaban J connectivity index is 2.26. The molecular formula is C18H33N3. The largest absolute Gasteiger partial charge is 0.316 e. The molecular weight excluding hydrogens is 258 g/mol. The minimum Gasteiger partial charge on any atom is -0.316 e. The monoisotopic (exact) mass is 291 g/mol. The standard InChI is InChI=1S/C18H33N3/c1-5-12-19-13-11-17-7-9-18(10-8-17)16-21(4)15-6-14-20(2)3/h7-10,19H,5-6,11-16H2,1-4H3. The molecule has 0 radical (unpaired) electrons. The minimum absolute atomic E-state index is 1.04. The van der Waals surface area contributed by atoms with Gasteiger partial charge in [0.1, 0.15) is 0 Å². The average molecular weight is 291 g/mol. The molecule has 0 aliphatic carbocycles. The van der Waals surface area contributed by atoms with Crippen molar-refractivity contribution in [3.8, 4) is 0 Å². The highest BCUT2D eigenvalue weighted by Crippen LogP contribution is 2.07. The van der Waals surface area contributed by atoms with E-state index >= 15 is 0 Å². The van der Waals surface area contributed by atoms with Crippen molar-refractivity contribution >= 4 is 0 Å². The van der Waals surface area contributed by atoms with Gasteiger partial charge in [0.15, 0.2) is 0 Å². The van der Waals surface area contributed by atoms with Gasteiger partial charge in [0, 0.05) is 6.54 Å². The van der Waals surface area contributed by atoms with Gasteiger partial charge in [-0.25, -0.2) is 0 Å². The van der Waals surface area contributed by atoms with Crippen molar-refractivity contribution in [3.63, 3.8) is 0 Å². The molecule has 0 aliphatic heterocycles. The molecule has 0 aliphatic rings. The van der Waals surface area contributed by atoms with E-state index in [1.54, 1.807) is 0 Å². The molecule has 0 bridgehead atoms. The predicted molar refractivity (Wildman–Crippen MR) is 92.8 cm³/mol. The normalized spacial score (nSPS) is 11.5. The molecule has 0 saturated heterocycles. The summed E-state index contributed by atoms with van der Waals surface area (Å²) in [7, 11) is 6.47. The van der Waals surface area contributed by atoms with Crippen LogP contribution in [0.2, 0.25) is 0 Å². The Hall–Kier alpha value is -0.900.